The minimum absolute atomic E-state index is 1.99. The Bertz CT molecular complexity index is 59.5. The van der Waals surface area contributed by atoms with Crippen LogP contribution in [0, 0.1) is 0 Å². The Kier molecular flexibility index (Phi) is 11.6. The molecule has 0 rings (SSSR count). The van der Waals surface area contributed by atoms with Crippen molar-refractivity contribution in [2.45, 2.75) is 0 Å². The zero-order valence-corrected chi connectivity index (χ0v) is 3.89. The molecule has 0 aliphatic rings. The minimum Gasteiger partial charge on any atom is -0.211 e. The highest BCUT2D eigenvalue weighted by molar-refractivity contribution is 5.57. The van der Waals surface area contributed by atoms with E-state index in [1.807, 2.05) is 0 Å². The van der Waals surface area contributed by atoms with E-state index in [1.165, 1.54) is 0 Å². The molecule has 5 heteroatoms. The molecule has 0 heterocycles. The Morgan fingerprint density at radius 2 is 1.50 bits per heavy atom. The standard InChI is InChI=1S/C2H4.CF2O3/c1-2;2-5-1(4)6-3/h1-2H2;. The van der Waals surface area contributed by atoms with Crippen molar-refractivity contribution in [1.29, 1.82) is 0 Å². The van der Waals surface area contributed by atoms with Crippen molar-refractivity contribution in [3.63, 3.8) is 0 Å². The Hall–Kier alpha value is -1.13. The molecular weight excluding hydrogens is 122 g/mol. The SMILES string of the molecule is C=C.O=C(OF)OF. The van der Waals surface area contributed by atoms with Gasteiger partial charge >= 0.3 is 6.16 Å². The van der Waals surface area contributed by atoms with Gasteiger partial charge in [0.2, 0.25) is 0 Å². The van der Waals surface area contributed by atoms with Gasteiger partial charge in [0.25, 0.3) is 0 Å². The maximum Gasteiger partial charge on any atom is 0.581 e. The summed E-state index contributed by atoms with van der Waals surface area (Å²) in [7, 11) is 0. The number of carbonyl (C=O) groups excluding carboxylic acids is 1. The van der Waals surface area contributed by atoms with Gasteiger partial charge in [-0.05, 0) is 0 Å². The Morgan fingerprint density at radius 1 is 1.25 bits per heavy atom. The maximum absolute atomic E-state index is 10.2. The van der Waals surface area contributed by atoms with E-state index in [9.17, 15) is 9.05 Å². The highest BCUT2D eigenvalue weighted by Crippen LogP contribution is 1.82. The number of hydrogen-bond acceptors (Lipinski definition) is 3. The lowest BCUT2D eigenvalue weighted by Crippen LogP contribution is -1.91. The van der Waals surface area contributed by atoms with Crippen molar-refractivity contribution < 1.29 is 23.7 Å². The lowest BCUT2D eigenvalue weighted by molar-refractivity contribution is -0.167. The Labute approximate surface area is 44.3 Å². The van der Waals surface area contributed by atoms with Gasteiger partial charge in [0.15, 0.2) is 0 Å². The second kappa shape index (κ2) is 9.30. The van der Waals surface area contributed by atoms with Gasteiger partial charge in [-0.3, -0.25) is 0 Å². The fourth-order valence-corrected chi connectivity index (χ4v) is 0.0119. The average Bonchev–Trinajstić information content (AvgIpc) is 1.91. The lowest BCUT2D eigenvalue weighted by atomic mass is 11.3. The minimum atomic E-state index is -1.99. The number of rotatable bonds is 0. The summed E-state index contributed by atoms with van der Waals surface area (Å²) in [5, 5.41) is 0. The van der Waals surface area contributed by atoms with Crippen molar-refractivity contribution in [2.24, 2.45) is 0 Å². The quantitative estimate of drug-likeness (QED) is 0.463. The number of halogens is 2. The zero-order valence-electron chi connectivity index (χ0n) is 3.89. The third-order valence-electron chi connectivity index (χ3n) is 0.126. The van der Waals surface area contributed by atoms with Crippen molar-refractivity contribution in [1.82, 2.24) is 0 Å². The second-order valence-corrected chi connectivity index (χ2v) is 0.404. The van der Waals surface area contributed by atoms with Crippen LogP contribution in [0.25, 0.3) is 0 Å². The van der Waals surface area contributed by atoms with E-state index in [4.69, 9.17) is 4.79 Å². The molecule has 0 aliphatic carbocycles. The molecule has 0 aromatic heterocycles. The van der Waals surface area contributed by atoms with Gasteiger partial charge in [-0.25, -0.2) is 9.88 Å². The fraction of sp³-hybridized carbons (Fsp3) is 0. The smallest absolute Gasteiger partial charge is 0.211 e. The zero-order chi connectivity index (χ0) is 6.99. The highest BCUT2D eigenvalue weighted by atomic mass is 19.3. The normalized spacial score (nSPS) is 5.75. The molecule has 8 heavy (non-hydrogen) atoms. The van der Waals surface area contributed by atoms with Gasteiger partial charge in [-0.1, -0.05) is 0 Å². The molecule has 0 spiro atoms. The van der Waals surface area contributed by atoms with Gasteiger partial charge < -0.3 is 0 Å². The van der Waals surface area contributed by atoms with Gasteiger partial charge in [0.05, 0.1) is 0 Å². The molecule has 48 valence electrons. The van der Waals surface area contributed by atoms with Crippen LogP contribution in [0.1, 0.15) is 0 Å². The molecule has 0 N–H and O–H groups in total. The van der Waals surface area contributed by atoms with Crippen LogP contribution in [0.5, 0.6) is 0 Å². The van der Waals surface area contributed by atoms with Crippen LogP contribution in [0.3, 0.4) is 0 Å². The molecule has 0 radical (unpaired) electrons. The molecule has 0 aliphatic heterocycles. The van der Waals surface area contributed by atoms with Crippen LogP contribution in [-0.4, -0.2) is 6.16 Å². The number of carbonyl (C=O) groups is 1. The predicted octanol–water partition coefficient (Wildman–Crippen LogP) is 1.71. The Balaban J connectivity index is 0. The van der Waals surface area contributed by atoms with Gasteiger partial charge in [-0.2, -0.15) is 4.79 Å². The van der Waals surface area contributed by atoms with Crippen LogP contribution in [-0.2, 0) is 9.88 Å². The molecule has 0 saturated heterocycles. The van der Waals surface area contributed by atoms with Crippen LogP contribution >= 0.6 is 0 Å². The molecular formula is C3H4F2O3. The number of hydrogen-bond donors (Lipinski definition) is 0. The third kappa shape index (κ3) is 8.85. The van der Waals surface area contributed by atoms with Gasteiger partial charge in [0, 0.05) is 9.05 Å². The molecule has 0 unspecified atom stereocenters. The van der Waals surface area contributed by atoms with E-state index >= 15 is 0 Å². The topological polar surface area (TPSA) is 35.5 Å². The third-order valence-corrected chi connectivity index (χ3v) is 0.126. The first-order valence-corrected chi connectivity index (χ1v) is 1.42. The Morgan fingerprint density at radius 3 is 1.50 bits per heavy atom. The largest absolute Gasteiger partial charge is 0.581 e. The van der Waals surface area contributed by atoms with E-state index in [-0.39, 0.29) is 0 Å². The molecule has 0 saturated carbocycles. The lowest BCUT2D eigenvalue weighted by Gasteiger charge is -1.76. The summed E-state index contributed by atoms with van der Waals surface area (Å²) in [6.07, 6.45) is -1.99. The molecule has 0 fully saturated rings. The average molecular weight is 126 g/mol. The first-order valence-electron chi connectivity index (χ1n) is 1.42. The summed E-state index contributed by atoms with van der Waals surface area (Å²) in [4.78, 5) is 13.3. The van der Waals surface area contributed by atoms with Crippen molar-refractivity contribution in [3.8, 4) is 0 Å². The fourth-order valence-electron chi connectivity index (χ4n) is 0.0119. The molecule has 0 amide bonds. The van der Waals surface area contributed by atoms with E-state index in [0.717, 1.165) is 0 Å². The molecule has 0 aromatic rings. The van der Waals surface area contributed by atoms with E-state index in [2.05, 4.69) is 23.0 Å². The molecule has 0 bridgehead atoms. The highest BCUT2D eigenvalue weighted by Gasteiger charge is 1.99. The summed E-state index contributed by atoms with van der Waals surface area (Å²) >= 11 is 0. The van der Waals surface area contributed by atoms with Gasteiger partial charge in [0.1, 0.15) is 0 Å². The van der Waals surface area contributed by atoms with Crippen molar-refractivity contribution in [2.75, 3.05) is 0 Å². The van der Waals surface area contributed by atoms with Crippen LogP contribution in [0.4, 0.5) is 13.8 Å². The maximum atomic E-state index is 10.2. The first kappa shape index (κ1) is 9.98. The van der Waals surface area contributed by atoms with E-state index < -0.39 is 6.16 Å². The predicted molar refractivity (Wildman–Crippen MR) is 21.0 cm³/mol. The summed E-state index contributed by atoms with van der Waals surface area (Å²) in [6.45, 7) is 6.00. The second-order valence-electron chi connectivity index (χ2n) is 0.404. The van der Waals surface area contributed by atoms with E-state index in [1.54, 1.807) is 0 Å². The van der Waals surface area contributed by atoms with Gasteiger partial charge in [-0.15, -0.1) is 13.2 Å². The summed E-state index contributed by atoms with van der Waals surface area (Å²) < 4.78 is 20.3. The molecule has 0 aromatic carbocycles. The van der Waals surface area contributed by atoms with Crippen LogP contribution in [0.2, 0.25) is 0 Å². The molecule has 0 atom stereocenters. The first-order chi connectivity index (χ1) is 3.81. The van der Waals surface area contributed by atoms with E-state index in [0.29, 0.717) is 0 Å². The van der Waals surface area contributed by atoms with Crippen LogP contribution in [0.15, 0.2) is 13.2 Å². The monoisotopic (exact) mass is 126 g/mol. The van der Waals surface area contributed by atoms with Crippen molar-refractivity contribution in [3.05, 3.63) is 13.2 Å². The summed E-state index contributed by atoms with van der Waals surface area (Å²) in [6, 6.07) is 0. The summed E-state index contributed by atoms with van der Waals surface area (Å²) in [5.41, 5.74) is 0. The van der Waals surface area contributed by atoms with Crippen molar-refractivity contribution >= 4 is 6.16 Å². The van der Waals surface area contributed by atoms with Crippen LogP contribution < -0.4 is 0 Å². The molecule has 3 nitrogen and oxygen atoms in total. The summed E-state index contributed by atoms with van der Waals surface area (Å²) in [5.74, 6) is 0.